The van der Waals surface area contributed by atoms with Crippen molar-refractivity contribution in [1.82, 2.24) is 15.3 Å². The Kier molecular flexibility index (Phi) is 2.91. The summed E-state index contributed by atoms with van der Waals surface area (Å²) in [6.45, 7) is 3.61. The van der Waals surface area contributed by atoms with Gasteiger partial charge in [-0.05, 0) is 38.1 Å². The third-order valence-corrected chi connectivity index (χ3v) is 3.64. The number of aromatic nitrogens is 2. The van der Waals surface area contributed by atoms with Crippen LogP contribution in [0, 0.1) is 5.41 Å². The van der Waals surface area contributed by atoms with E-state index in [1.54, 1.807) is 12.4 Å². The van der Waals surface area contributed by atoms with Gasteiger partial charge in [-0.3, -0.25) is 14.8 Å². The molecule has 1 aromatic carbocycles. The molecule has 5 heteroatoms. The summed E-state index contributed by atoms with van der Waals surface area (Å²) in [5, 5.41) is 6.20. The van der Waals surface area contributed by atoms with Gasteiger partial charge in [0.15, 0.2) is 0 Å². The normalized spacial score (nSPS) is 22.6. The van der Waals surface area contributed by atoms with Crippen LogP contribution in [-0.4, -0.2) is 29.0 Å². The van der Waals surface area contributed by atoms with E-state index in [1.165, 1.54) is 0 Å². The molecule has 1 unspecified atom stereocenters. The number of rotatable bonds is 2. The van der Waals surface area contributed by atoms with Crippen LogP contribution in [0.25, 0.3) is 11.0 Å². The van der Waals surface area contributed by atoms with Crippen LogP contribution in [0.4, 0.5) is 5.69 Å². The minimum atomic E-state index is -0.322. The molecule has 1 fully saturated rings. The van der Waals surface area contributed by atoms with Crippen molar-refractivity contribution in [2.24, 2.45) is 5.41 Å². The highest BCUT2D eigenvalue weighted by Crippen LogP contribution is 2.26. The van der Waals surface area contributed by atoms with Crippen LogP contribution in [-0.2, 0) is 4.79 Å². The Balaban J connectivity index is 1.83. The average molecular weight is 256 g/mol. The molecule has 1 aromatic heterocycles. The molecule has 2 heterocycles. The fourth-order valence-electron chi connectivity index (χ4n) is 2.33. The second kappa shape index (κ2) is 4.59. The lowest BCUT2D eigenvalue weighted by Crippen LogP contribution is -2.35. The van der Waals surface area contributed by atoms with Crippen LogP contribution in [0.1, 0.15) is 13.3 Å². The minimum absolute atomic E-state index is 0.0562. The zero-order valence-corrected chi connectivity index (χ0v) is 10.8. The van der Waals surface area contributed by atoms with Gasteiger partial charge in [-0.1, -0.05) is 0 Å². The molecule has 19 heavy (non-hydrogen) atoms. The number of benzene rings is 1. The van der Waals surface area contributed by atoms with Gasteiger partial charge in [0.1, 0.15) is 0 Å². The molecule has 0 bridgehead atoms. The predicted molar refractivity (Wildman–Crippen MR) is 73.8 cm³/mol. The number of carbonyl (C=O) groups excluding carboxylic acids is 1. The first kappa shape index (κ1) is 12.0. The van der Waals surface area contributed by atoms with E-state index in [-0.39, 0.29) is 11.3 Å². The molecule has 5 nitrogen and oxygen atoms in total. The monoisotopic (exact) mass is 256 g/mol. The van der Waals surface area contributed by atoms with Crippen LogP contribution in [0.2, 0.25) is 0 Å². The molecule has 0 saturated carbocycles. The molecular weight excluding hydrogens is 240 g/mol. The maximum absolute atomic E-state index is 12.3. The van der Waals surface area contributed by atoms with Crippen LogP contribution in [0.5, 0.6) is 0 Å². The van der Waals surface area contributed by atoms with E-state index < -0.39 is 0 Å². The molecule has 1 aliphatic heterocycles. The van der Waals surface area contributed by atoms with Crippen LogP contribution >= 0.6 is 0 Å². The first-order chi connectivity index (χ1) is 9.17. The zero-order chi connectivity index (χ0) is 13.3. The second-order valence-electron chi connectivity index (χ2n) is 5.20. The zero-order valence-electron chi connectivity index (χ0n) is 10.8. The summed E-state index contributed by atoms with van der Waals surface area (Å²) in [5.41, 5.74) is 2.06. The summed E-state index contributed by atoms with van der Waals surface area (Å²) >= 11 is 0. The van der Waals surface area contributed by atoms with Crippen molar-refractivity contribution in [1.29, 1.82) is 0 Å². The number of fused-ring (bicyclic) bond motifs is 1. The first-order valence-corrected chi connectivity index (χ1v) is 6.40. The molecular formula is C14H16N4O. The van der Waals surface area contributed by atoms with Gasteiger partial charge in [-0.25, -0.2) is 0 Å². The van der Waals surface area contributed by atoms with E-state index in [4.69, 9.17) is 0 Å². The van der Waals surface area contributed by atoms with Gasteiger partial charge in [0.25, 0.3) is 0 Å². The number of nitrogens with zero attached hydrogens (tertiary/aromatic N) is 2. The SMILES string of the molecule is CC1(C(=O)Nc2ccc3nccnc3c2)CCNC1. The van der Waals surface area contributed by atoms with Crippen molar-refractivity contribution in [3.63, 3.8) is 0 Å². The van der Waals surface area contributed by atoms with Gasteiger partial charge in [-0.2, -0.15) is 0 Å². The summed E-state index contributed by atoms with van der Waals surface area (Å²) < 4.78 is 0. The Morgan fingerprint density at radius 3 is 2.84 bits per heavy atom. The molecule has 0 aliphatic carbocycles. The number of nitrogens with one attached hydrogen (secondary N) is 2. The molecule has 3 rings (SSSR count). The maximum atomic E-state index is 12.3. The third-order valence-electron chi connectivity index (χ3n) is 3.64. The van der Waals surface area contributed by atoms with Crippen molar-refractivity contribution in [3.05, 3.63) is 30.6 Å². The van der Waals surface area contributed by atoms with Gasteiger partial charge in [-0.15, -0.1) is 0 Å². The molecule has 0 radical (unpaired) electrons. The van der Waals surface area contributed by atoms with Gasteiger partial charge < -0.3 is 10.6 Å². The van der Waals surface area contributed by atoms with Crippen LogP contribution in [0.15, 0.2) is 30.6 Å². The summed E-state index contributed by atoms with van der Waals surface area (Å²) in [6, 6.07) is 5.58. The smallest absolute Gasteiger partial charge is 0.231 e. The maximum Gasteiger partial charge on any atom is 0.231 e. The average Bonchev–Trinajstić information content (AvgIpc) is 2.87. The number of amides is 1. The topological polar surface area (TPSA) is 66.9 Å². The lowest BCUT2D eigenvalue weighted by atomic mass is 9.89. The Labute approximate surface area is 111 Å². The summed E-state index contributed by atoms with van der Waals surface area (Å²) in [6.07, 6.45) is 4.17. The molecule has 2 N–H and O–H groups in total. The molecule has 0 spiro atoms. The highest BCUT2D eigenvalue weighted by atomic mass is 16.2. The molecule has 1 atom stereocenters. The summed E-state index contributed by atoms with van der Waals surface area (Å²) in [5.74, 6) is 0.0562. The van der Waals surface area contributed by atoms with Gasteiger partial charge >= 0.3 is 0 Å². The van der Waals surface area contributed by atoms with Crippen molar-refractivity contribution < 1.29 is 4.79 Å². The predicted octanol–water partition coefficient (Wildman–Crippen LogP) is 1.57. The van der Waals surface area contributed by atoms with E-state index >= 15 is 0 Å². The highest BCUT2D eigenvalue weighted by molar-refractivity contribution is 5.96. The van der Waals surface area contributed by atoms with Crippen molar-refractivity contribution in [3.8, 4) is 0 Å². The lowest BCUT2D eigenvalue weighted by molar-refractivity contribution is -0.123. The minimum Gasteiger partial charge on any atom is -0.325 e. The Morgan fingerprint density at radius 1 is 1.32 bits per heavy atom. The van der Waals surface area contributed by atoms with Crippen molar-refractivity contribution in [2.45, 2.75) is 13.3 Å². The third kappa shape index (κ3) is 2.29. The van der Waals surface area contributed by atoms with Gasteiger partial charge in [0, 0.05) is 24.6 Å². The molecule has 98 valence electrons. The fourth-order valence-corrected chi connectivity index (χ4v) is 2.33. The van der Waals surface area contributed by atoms with E-state index in [2.05, 4.69) is 20.6 Å². The molecule has 2 aromatic rings. The number of anilines is 1. The fraction of sp³-hybridized carbons (Fsp3) is 0.357. The standard InChI is InChI=1S/C14H16N4O/c1-14(4-5-15-9-14)13(19)18-10-2-3-11-12(8-10)17-7-6-16-11/h2-3,6-8,15H,4-5,9H2,1H3,(H,18,19). The Hall–Kier alpha value is -2.01. The van der Waals surface area contributed by atoms with Crippen LogP contribution < -0.4 is 10.6 Å². The van der Waals surface area contributed by atoms with E-state index in [1.807, 2.05) is 25.1 Å². The largest absolute Gasteiger partial charge is 0.325 e. The quantitative estimate of drug-likeness (QED) is 0.856. The molecule has 1 amide bonds. The van der Waals surface area contributed by atoms with Gasteiger partial charge in [0.05, 0.1) is 16.4 Å². The van der Waals surface area contributed by atoms with E-state index in [0.717, 1.165) is 36.2 Å². The van der Waals surface area contributed by atoms with E-state index in [0.29, 0.717) is 0 Å². The highest BCUT2D eigenvalue weighted by Gasteiger charge is 2.36. The number of hydrogen-bond donors (Lipinski definition) is 2. The summed E-state index contributed by atoms with van der Waals surface area (Å²) in [7, 11) is 0. The lowest BCUT2D eigenvalue weighted by Gasteiger charge is -2.21. The Morgan fingerprint density at radius 2 is 2.11 bits per heavy atom. The number of carbonyl (C=O) groups is 1. The molecule has 1 aliphatic rings. The summed E-state index contributed by atoms with van der Waals surface area (Å²) in [4.78, 5) is 20.7. The van der Waals surface area contributed by atoms with Crippen LogP contribution in [0.3, 0.4) is 0 Å². The molecule has 1 saturated heterocycles. The van der Waals surface area contributed by atoms with Crippen molar-refractivity contribution >= 4 is 22.6 Å². The van der Waals surface area contributed by atoms with Crippen molar-refractivity contribution in [2.75, 3.05) is 18.4 Å². The Bertz CT molecular complexity index is 620. The number of hydrogen-bond acceptors (Lipinski definition) is 4. The second-order valence-corrected chi connectivity index (χ2v) is 5.20. The first-order valence-electron chi connectivity index (χ1n) is 6.40. The van der Waals surface area contributed by atoms with E-state index in [9.17, 15) is 4.79 Å². The van der Waals surface area contributed by atoms with Gasteiger partial charge in [0.2, 0.25) is 5.91 Å².